The maximum absolute atomic E-state index is 12.8. The highest BCUT2D eigenvalue weighted by Gasteiger charge is 2.23. The van der Waals surface area contributed by atoms with E-state index in [1.807, 2.05) is 72.9 Å². The lowest BCUT2D eigenvalue weighted by molar-refractivity contribution is 0.198. The van der Waals surface area contributed by atoms with E-state index < -0.39 is 38.3 Å². The molecule has 6 N–H and O–H groups in total. The van der Waals surface area contributed by atoms with E-state index in [9.17, 15) is 31.8 Å². The maximum Gasteiger partial charge on any atom is 0.333 e. The zero-order chi connectivity index (χ0) is 33.7. The van der Waals surface area contributed by atoms with Crippen molar-refractivity contribution in [1.29, 1.82) is 0 Å². The van der Waals surface area contributed by atoms with E-state index in [2.05, 4.69) is 10.0 Å². The summed E-state index contributed by atoms with van der Waals surface area (Å²) in [5.41, 5.74) is 3.20. The van der Waals surface area contributed by atoms with Gasteiger partial charge in [-0.25, -0.2) is 31.5 Å². The van der Waals surface area contributed by atoms with Crippen LogP contribution in [0.15, 0.2) is 58.3 Å². The molecule has 0 aliphatic carbocycles. The van der Waals surface area contributed by atoms with Crippen LogP contribution in [0.4, 0.5) is 10.5 Å². The van der Waals surface area contributed by atoms with Crippen molar-refractivity contribution in [3.63, 3.8) is 0 Å². The second-order valence-electron chi connectivity index (χ2n) is 10.7. The summed E-state index contributed by atoms with van der Waals surface area (Å²) >= 11 is 10.2. The number of sulfonamides is 2. The van der Waals surface area contributed by atoms with Crippen LogP contribution in [0.25, 0.3) is 0 Å². The molecule has 44 heavy (non-hydrogen) atoms. The number of benzene rings is 3. The molecule has 3 rings (SSSR count). The summed E-state index contributed by atoms with van der Waals surface area (Å²) in [4.78, 5) is 12.6. The molecule has 0 bridgehead atoms. The molecule has 10 nitrogen and oxygen atoms in total. The predicted octanol–water partition coefficient (Wildman–Crippen LogP) is 6.75. The Morgan fingerprint density at radius 3 is 1.55 bits per heavy atom. The molecule has 242 valence electrons. The van der Waals surface area contributed by atoms with Gasteiger partial charge in [-0.2, -0.15) is 0 Å². The number of nitrogens with two attached hydrogens (primary N) is 1. The fourth-order valence-electron chi connectivity index (χ4n) is 4.00. The summed E-state index contributed by atoms with van der Waals surface area (Å²) in [6.07, 6.45) is -1.54. The molecule has 0 saturated carbocycles. The van der Waals surface area contributed by atoms with E-state index >= 15 is 0 Å². The van der Waals surface area contributed by atoms with Crippen molar-refractivity contribution in [2.45, 2.75) is 75.4 Å². The molecule has 2 amide bonds. The maximum atomic E-state index is 12.8. The fourth-order valence-corrected chi connectivity index (χ4v) is 7.62. The Morgan fingerprint density at radius 2 is 1.16 bits per heavy atom. The van der Waals surface area contributed by atoms with Crippen LogP contribution in [-0.4, -0.2) is 33.1 Å². The lowest BCUT2D eigenvalue weighted by atomic mass is 9.92. The Bertz CT molecular complexity index is 1700. The number of aliphatic hydroxyl groups excluding tert-OH is 2. The molecule has 2 atom stereocenters. The quantitative estimate of drug-likeness (QED) is 0.156. The van der Waals surface area contributed by atoms with Crippen molar-refractivity contribution in [2.75, 3.05) is 5.32 Å². The van der Waals surface area contributed by atoms with E-state index in [-0.39, 0.29) is 21.6 Å². The largest absolute Gasteiger partial charge is 0.389 e. The van der Waals surface area contributed by atoms with Crippen LogP contribution in [0.1, 0.15) is 87.8 Å². The molecular weight excluding hydrogens is 856 g/mol. The van der Waals surface area contributed by atoms with Crippen LogP contribution in [0, 0.1) is 7.14 Å². The van der Waals surface area contributed by atoms with Crippen molar-refractivity contribution in [3.8, 4) is 0 Å². The van der Waals surface area contributed by atoms with Gasteiger partial charge >= 0.3 is 6.03 Å². The van der Waals surface area contributed by atoms with Gasteiger partial charge in [-0.05, 0) is 142 Å². The number of halogens is 3. The molecule has 0 aromatic heterocycles. The average molecular weight is 892 g/mol. The number of hydrogen-bond donors (Lipinski definition) is 5. The van der Waals surface area contributed by atoms with Crippen LogP contribution < -0.4 is 15.2 Å². The number of carbonyl (C=O) groups excluding carboxylic acids is 1. The number of anilines is 1. The van der Waals surface area contributed by atoms with Gasteiger partial charge in [0.1, 0.15) is 0 Å². The van der Waals surface area contributed by atoms with E-state index in [0.29, 0.717) is 25.4 Å². The van der Waals surface area contributed by atoms with E-state index in [1.54, 1.807) is 38.1 Å². The highest BCUT2D eigenvalue weighted by molar-refractivity contribution is 14.1. The number of primary sulfonamides is 1. The minimum atomic E-state index is -4.14. The van der Waals surface area contributed by atoms with Gasteiger partial charge in [0.15, 0.2) is 0 Å². The summed E-state index contributed by atoms with van der Waals surface area (Å²) in [5, 5.41) is 27.3. The number of nitrogens with one attached hydrogen (secondary N) is 2. The molecule has 15 heteroatoms. The van der Waals surface area contributed by atoms with E-state index in [0.717, 1.165) is 14.7 Å². The van der Waals surface area contributed by atoms with Crippen LogP contribution >= 0.6 is 56.8 Å². The Hall–Kier alpha value is -1.54. The first-order chi connectivity index (χ1) is 20.1. The molecule has 0 heterocycles. The number of aliphatic hydroxyl groups is 2. The Kier molecular flexibility index (Phi) is 13.9. The highest BCUT2D eigenvalue weighted by atomic mass is 127. The van der Waals surface area contributed by atoms with Gasteiger partial charge in [0.25, 0.3) is 10.0 Å². The van der Waals surface area contributed by atoms with Gasteiger partial charge in [0, 0.05) is 17.9 Å². The molecule has 0 aliphatic heterocycles. The third kappa shape index (κ3) is 11.1. The molecule has 0 fully saturated rings. The SMILES string of the molecule is CC(C)c1cc(Cl)cc(C(C)C)c1NC(=O)NS(=O)(=O)c1cc(I)cc(C(C)O)c1.CC(O)c1cc(I)cc(S(N)(=O)=O)c1. The molecule has 3 aromatic rings. The zero-order valence-corrected chi connectivity index (χ0v) is 31.6. The van der Waals surface area contributed by atoms with Gasteiger partial charge in [0.05, 0.1) is 22.0 Å². The topological polar surface area (TPSA) is 176 Å². The lowest BCUT2D eigenvalue weighted by Crippen LogP contribution is -2.35. The van der Waals surface area contributed by atoms with Gasteiger partial charge < -0.3 is 15.5 Å². The molecule has 2 unspecified atom stereocenters. The van der Waals surface area contributed by atoms with Gasteiger partial charge in [-0.3, -0.25) is 0 Å². The summed E-state index contributed by atoms with van der Waals surface area (Å²) in [6, 6.07) is 11.7. The highest BCUT2D eigenvalue weighted by Crippen LogP contribution is 2.35. The first-order valence-electron chi connectivity index (χ1n) is 13.3. The minimum absolute atomic E-state index is 0.0281. The summed E-state index contributed by atoms with van der Waals surface area (Å²) in [5.74, 6) is 0.134. The van der Waals surface area contributed by atoms with E-state index in [4.69, 9.17) is 16.7 Å². The molecule has 0 radical (unpaired) electrons. The van der Waals surface area contributed by atoms with Gasteiger partial charge in [-0.15, -0.1) is 0 Å². The standard InChI is InChI=1S/C21H26ClIN2O4S.C8H10INO3S/c1-11(2)18-8-15(22)9-19(12(3)4)20(18)24-21(27)25-30(28,29)17-7-14(13(5)26)6-16(23)10-17;1-5(11)6-2-7(9)4-8(3-6)14(10,12)13/h6-13,26H,1-5H3,(H2,24,25,27);2-5,11H,1H3,(H2,10,12,13). The smallest absolute Gasteiger partial charge is 0.333 e. The molecule has 0 spiro atoms. The lowest BCUT2D eigenvalue weighted by Gasteiger charge is -2.21. The van der Waals surface area contributed by atoms with Crippen molar-refractivity contribution in [1.82, 2.24) is 4.72 Å². The third-order valence-corrected chi connectivity index (χ3v) is 9.93. The number of amides is 2. The molecule has 0 saturated heterocycles. The Balaban J connectivity index is 0.000000402. The molecule has 3 aromatic carbocycles. The number of urea groups is 1. The fraction of sp³-hybridized carbons (Fsp3) is 0.345. The Labute approximate surface area is 291 Å². The zero-order valence-electron chi connectivity index (χ0n) is 24.9. The predicted molar refractivity (Wildman–Crippen MR) is 190 cm³/mol. The monoisotopic (exact) mass is 891 g/mol. The average Bonchev–Trinajstić information content (AvgIpc) is 2.88. The first kappa shape index (κ1) is 38.6. The molecule has 0 aliphatic rings. The van der Waals surface area contributed by atoms with Crippen molar-refractivity contribution < 1.29 is 31.8 Å². The van der Waals surface area contributed by atoms with Gasteiger partial charge in [0.2, 0.25) is 10.0 Å². The van der Waals surface area contributed by atoms with Crippen LogP contribution in [0.3, 0.4) is 0 Å². The van der Waals surface area contributed by atoms with Crippen molar-refractivity contribution in [2.24, 2.45) is 5.14 Å². The number of rotatable bonds is 8. The first-order valence-corrected chi connectivity index (χ1v) is 18.9. The van der Waals surface area contributed by atoms with Crippen molar-refractivity contribution >= 4 is 88.5 Å². The van der Waals surface area contributed by atoms with Crippen LogP contribution in [-0.2, 0) is 20.0 Å². The summed E-state index contributed by atoms with van der Waals surface area (Å²) in [7, 11) is -7.83. The number of carbonyl (C=O) groups is 1. The number of hydrogen-bond acceptors (Lipinski definition) is 7. The van der Waals surface area contributed by atoms with Gasteiger partial charge in [-0.1, -0.05) is 39.3 Å². The molecular formula is C29H36ClI2N3O7S2. The van der Waals surface area contributed by atoms with Crippen LogP contribution in [0.5, 0.6) is 0 Å². The van der Waals surface area contributed by atoms with Crippen LogP contribution in [0.2, 0.25) is 5.02 Å². The summed E-state index contributed by atoms with van der Waals surface area (Å²) < 4.78 is 51.1. The Morgan fingerprint density at radius 1 is 0.750 bits per heavy atom. The normalized spacial score (nSPS) is 13.2. The third-order valence-electron chi connectivity index (χ3n) is 6.26. The second-order valence-corrected chi connectivity index (χ2v) is 16.8. The van der Waals surface area contributed by atoms with Crippen molar-refractivity contribution in [3.05, 3.63) is 82.9 Å². The van der Waals surface area contributed by atoms with E-state index in [1.165, 1.54) is 24.3 Å². The minimum Gasteiger partial charge on any atom is -0.389 e. The summed E-state index contributed by atoms with van der Waals surface area (Å²) in [6.45, 7) is 11.0. The second kappa shape index (κ2) is 15.8.